The molecule has 2 heterocycles. The molecule has 0 aliphatic carbocycles. The van der Waals surface area contributed by atoms with Gasteiger partial charge < -0.3 is 24.5 Å². The average molecular weight is 496 g/mol. The Hall–Kier alpha value is -0.990. The fourth-order valence-electron chi connectivity index (χ4n) is 2.53. The molecule has 5 atom stereocenters. The molecule has 5 N–H and O–H groups in total. The maximum atomic E-state index is 12.3. The number of rotatable bonds is 10. The lowest BCUT2D eigenvalue weighted by atomic mass is 10.0. The number of ether oxygens (including phenoxy) is 1. The molecule has 30 heavy (non-hydrogen) atoms. The third kappa shape index (κ3) is 7.02. The molecule has 0 amide bonds. The predicted molar refractivity (Wildman–Crippen MR) is 95.0 cm³/mol. The number of aliphatic hydroxyl groups excluding tert-OH is 1. The van der Waals surface area contributed by atoms with Crippen LogP contribution in [0.3, 0.4) is 0 Å². The molecule has 1 fully saturated rings. The Kier molecular flexibility index (Phi) is 8.13. The first-order chi connectivity index (χ1) is 13.8. The van der Waals surface area contributed by atoms with Gasteiger partial charge in [-0.1, -0.05) is 0 Å². The molecule has 1 saturated heterocycles. The monoisotopic (exact) mass is 496 g/mol. The fraction of sp³-hybridized carbons (Fsp3) is 0.636. The van der Waals surface area contributed by atoms with Crippen LogP contribution >= 0.6 is 23.5 Å². The van der Waals surface area contributed by atoms with Crippen LogP contribution in [0.25, 0.3) is 0 Å². The number of phosphoric ester groups is 1. The first-order valence-corrected chi connectivity index (χ1v) is 12.5. The lowest BCUT2D eigenvalue weighted by molar-refractivity contribution is -0.0367. The summed E-state index contributed by atoms with van der Waals surface area (Å²) >= 11 is 0. The van der Waals surface area contributed by atoms with E-state index in [2.05, 4.69) is 13.1 Å². The lowest BCUT2D eigenvalue weighted by Crippen LogP contribution is -2.31. The van der Waals surface area contributed by atoms with E-state index in [0.717, 1.165) is 17.7 Å². The summed E-state index contributed by atoms with van der Waals surface area (Å²) in [5.74, 6) is -0.647. The Morgan fingerprint density at radius 3 is 2.43 bits per heavy atom. The molecule has 0 spiro atoms. The Balaban J connectivity index is 2.09. The number of hydrogen-bond acceptors (Lipinski definition) is 11. The number of hydrogen-bond donors (Lipinski definition) is 5. The van der Waals surface area contributed by atoms with Crippen LogP contribution in [-0.4, -0.2) is 55.8 Å². The molecule has 0 bridgehead atoms. The van der Waals surface area contributed by atoms with Crippen molar-refractivity contribution in [3.8, 4) is 0 Å². The minimum Gasteiger partial charge on any atom is -0.396 e. The van der Waals surface area contributed by atoms with Gasteiger partial charge in [-0.2, -0.15) is 8.62 Å². The molecule has 1 aliphatic heterocycles. The van der Waals surface area contributed by atoms with Gasteiger partial charge in [0.15, 0.2) is 0 Å². The first kappa shape index (κ1) is 25.3. The Morgan fingerprint density at radius 1 is 1.23 bits per heavy atom. The van der Waals surface area contributed by atoms with Crippen molar-refractivity contribution in [2.75, 3.05) is 20.3 Å². The molecule has 0 saturated carbocycles. The summed E-state index contributed by atoms with van der Waals surface area (Å²) in [5.41, 5.74) is -1.40. The van der Waals surface area contributed by atoms with Crippen LogP contribution in [0.2, 0.25) is 0 Å². The van der Waals surface area contributed by atoms with Gasteiger partial charge >= 0.3 is 29.2 Å². The van der Waals surface area contributed by atoms with Gasteiger partial charge in [-0.3, -0.25) is 23.4 Å². The minimum atomic E-state index is -5.55. The second-order valence-electron chi connectivity index (χ2n) is 5.87. The summed E-state index contributed by atoms with van der Waals surface area (Å²) in [4.78, 5) is 51.5. The van der Waals surface area contributed by atoms with Gasteiger partial charge in [-0.25, -0.2) is 18.5 Å². The van der Waals surface area contributed by atoms with Crippen LogP contribution in [0.4, 0.5) is 0 Å². The average Bonchev–Trinajstić information content (AvgIpc) is 3.00. The van der Waals surface area contributed by atoms with E-state index in [1.807, 2.05) is 4.98 Å². The van der Waals surface area contributed by atoms with Crippen molar-refractivity contribution in [2.24, 2.45) is 5.92 Å². The zero-order valence-electron chi connectivity index (χ0n) is 15.2. The van der Waals surface area contributed by atoms with Gasteiger partial charge in [0.2, 0.25) is 0 Å². The number of phosphoric acid groups is 3. The van der Waals surface area contributed by atoms with Crippen LogP contribution in [0.15, 0.2) is 21.9 Å². The molecule has 1 aromatic heterocycles. The van der Waals surface area contributed by atoms with Crippen LogP contribution in [0, 0.1) is 5.92 Å². The third-order valence-electron chi connectivity index (χ3n) is 3.79. The Labute approximate surface area is 167 Å². The summed E-state index contributed by atoms with van der Waals surface area (Å²) in [6.07, 6.45) is -0.667. The molecule has 0 aromatic carbocycles. The van der Waals surface area contributed by atoms with Crippen molar-refractivity contribution in [1.82, 2.24) is 9.55 Å². The van der Waals surface area contributed by atoms with Crippen molar-refractivity contribution in [3.63, 3.8) is 0 Å². The van der Waals surface area contributed by atoms with Gasteiger partial charge in [0.25, 0.3) is 5.56 Å². The van der Waals surface area contributed by atoms with E-state index in [1.54, 1.807) is 0 Å². The second-order valence-corrected chi connectivity index (χ2v) is 10.6. The highest BCUT2D eigenvalue weighted by Crippen LogP contribution is 2.68. The fourth-order valence-corrected chi connectivity index (χ4v) is 5.89. The second kappa shape index (κ2) is 9.65. The van der Waals surface area contributed by atoms with E-state index in [4.69, 9.17) is 19.0 Å². The third-order valence-corrected chi connectivity index (χ3v) is 8.01. The number of H-pyrrole nitrogens is 1. The Bertz CT molecular complexity index is 999. The largest absolute Gasteiger partial charge is 0.490 e. The van der Waals surface area contributed by atoms with E-state index in [-0.39, 0.29) is 6.42 Å². The van der Waals surface area contributed by atoms with Crippen LogP contribution < -0.4 is 11.2 Å². The standard InChI is InChI=1S/C11H19N2O14P3/c1-23-30(22,27-29(20,21)26-28(17,18)19)24-6-8-7(5-14)4-10(25-8)13-3-2-9(15)12-11(13)16/h2-3,7-8,10,14H,4-6H2,1H3,(H,20,21)(H,12,15,16)(H2,17,18,19). The summed E-state index contributed by atoms with van der Waals surface area (Å²) in [6.45, 7) is -1.08. The molecule has 0 radical (unpaired) electrons. The van der Waals surface area contributed by atoms with Crippen molar-refractivity contribution in [1.29, 1.82) is 0 Å². The van der Waals surface area contributed by atoms with Gasteiger partial charge in [0, 0.05) is 38.3 Å². The van der Waals surface area contributed by atoms with Gasteiger partial charge in [-0.15, -0.1) is 0 Å². The van der Waals surface area contributed by atoms with E-state index in [1.165, 1.54) is 6.20 Å². The van der Waals surface area contributed by atoms with Crippen LogP contribution in [-0.2, 0) is 36.1 Å². The van der Waals surface area contributed by atoms with Crippen molar-refractivity contribution in [3.05, 3.63) is 33.1 Å². The Morgan fingerprint density at radius 2 is 1.90 bits per heavy atom. The molecule has 19 heteroatoms. The maximum Gasteiger partial charge on any atom is 0.490 e. The smallest absolute Gasteiger partial charge is 0.396 e. The molecular formula is C11H19N2O14P3. The molecule has 16 nitrogen and oxygen atoms in total. The van der Waals surface area contributed by atoms with E-state index in [9.17, 15) is 33.3 Å². The number of aromatic amines is 1. The zero-order chi connectivity index (χ0) is 22.7. The van der Waals surface area contributed by atoms with Crippen LogP contribution in [0.5, 0.6) is 0 Å². The number of aromatic nitrogens is 2. The summed E-state index contributed by atoms with van der Waals surface area (Å²) in [6, 6.07) is 1.08. The maximum absolute atomic E-state index is 12.3. The molecule has 1 aromatic rings. The van der Waals surface area contributed by atoms with Crippen molar-refractivity contribution < 1.29 is 55.9 Å². The highest BCUT2D eigenvalue weighted by atomic mass is 31.3. The summed E-state index contributed by atoms with van der Waals surface area (Å²) in [7, 11) is -15.1. The quantitative estimate of drug-likeness (QED) is 0.255. The topological polar surface area (TPSA) is 233 Å². The number of aliphatic hydroxyl groups is 1. The van der Waals surface area contributed by atoms with Gasteiger partial charge in [0.1, 0.15) is 6.23 Å². The normalized spacial score (nSPS) is 26.2. The first-order valence-electron chi connectivity index (χ1n) is 7.96. The SMILES string of the molecule is COP(=O)(OCC1OC(n2ccc(=O)[nH]c2=O)CC1CO)OP(=O)(O)OP(=O)(O)O. The zero-order valence-corrected chi connectivity index (χ0v) is 17.9. The van der Waals surface area contributed by atoms with E-state index < -0.39 is 66.2 Å². The van der Waals surface area contributed by atoms with Gasteiger partial charge in [0.05, 0.1) is 12.7 Å². The van der Waals surface area contributed by atoms with Crippen molar-refractivity contribution in [2.45, 2.75) is 18.8 Å². The molecule has 1 aliphatic rings. The molecule has 172 valence electrons. The van der Waals surface area contributed by atoms with E-state index in [0.29, 0.717) is 0 Å². The summed E-state index contributed by atoms with van der Waals surface area (Å²) in [5, 5.41) is 9.51. The molecular weight excluding hydrogens is 477 g/mol. The predicted octanol–water partition coefficient (Wildman–Crippen LogP) is -0.570. The number of nitrogens with zero attached hydrogens (tertiary/aromatic N) is 1. The summed E-state index contributed by atoms with van der Waals surface area (Å²) < 4.78 is 58.1. The molecule has 2 rings (SSSR count). The van der Waals surface area contributed by atoms with Crippen LogP contribution in [0.1, 0.15) is 12.6 Å². The van der Waals surface area contributed by atoms with Gasteiger partial charge in [-0.05, 0) is 0 Å². The van der Waals surface area contributed by atoms with Crippen molar-refractivity contribution >= 4 is 23.5 Å². The highest BCUT2D eigenvalue weighted by molar-refractivity contribution is 7.66. The van der Waals surface area contributed by atoms with E-state index >= 15 is 0 Å². The minimum absolute atomic E-state index is 0.0917. The molecule has 5 unspecified atom stereocenters. The number of nitrogens with one attached hydrogen (secondary N) is 1. The lowest BCUT2D eigenvalue weighted by Gasteiger charge is -2.22. The highest BCUT2D eigenvalue weighted by Gasteiger charge is 2.44.